The quantitative estimate of drug-likeness (QED) is 0.521. The van der Waals surface area contributed by atoms with E-state index in [1.807, 2.05) is 30.3 Å². The Morgan fingerprint density at radius 1 is 1.25 bits per heavy atom. The lowest BCUT2D eigenvalue weighted by atomic mass is 9.86. The summed E-state index contributed by atoms with van der Waals surface area (Å²) in [5, 5.41) is 30.3. The number of aliphatic hydroxyl groups excluding tert-OH is 2. The van der Waals surface area contributed by atoms with Crippen molar-refractivity contribution in [1.29, 1.82) is 5.26 Å². The molecule has 0 aliphatic rings. The molecule has 6 heteroatoms. The largest absolute Gasteiger partial charge is 0.395 e. The second-order valence-corrected chi connectivity index (χ2v) is 6.35. The number of rotatable bonds is 7. The molecule has 24 heavy (non-hydrogen) atoms. The van der Waals surface area contributed by atoms with Gasteiger partial charge in [0.25, 0.3) is 5.91 Å². The second kappa shape index (κ2) is 9.06. The van der Waals surface area contributed by atoms with E-state index in [1.165, 1.54) is 11.1 Å². The molecule has 0 unspecified atom stereocenters. The molecule has 1 rings (SSSR count). The van der Waals surface area contributed by atoms with E-state index in [1.54, 1.807) is 0 Å². The molecular weight excluding hydrogens is 306 g/mol. The summed E-state index contributed by atoms with van der Waals surface area (Å²) < 4.78 is 0. The summed E-state index contributed by atoms with van der Waals surface area (Å²) >= 11 is 0. The fourth-order valence-electron chi connectivity index (χ4n) is 2.28. The van der Waals surface area contributed by atoms with Crippen LogP contribution in [0.25, 0.3) is 0 Å². The number of carbonyl (C=O) groups is 1. The van der Waals surface area contributed by atoms with Crippen molar-refractivity contribution < 1.29 is 15.0 Å². The number of benzene rings is 1. The third-order valence-corrected chi connectivity index (χ3v) is 3.48. The van der Waals surface area contributed by atoms with Crippen molar-refractivity contribution in [1.82, 2.24) is 4.90 Å². The molecule has 0 atom stereocenters. The summed E-state index contributed by atoms with van der Waals surface area (Å²) in [6.45, 7) is 5.91. The number of para-hydroxylation sites is 1. The normalized spacial score (nSPS) is 11.8. The van der Waals surface area contributed by atoms with Gasteiger partial charge >= 0.3 is 0 Å². The fourth-order valence-corrected chi connectivity index (χ4v) is 2.28. The Labute approximate surface area is 143 Å². The highest BCUT2D eigenvalue weighted by Crippen LogP contribution is 2.29. The first kappa shape index (κ1) is 19.7. The second-order valence-electron chi connectivity index (χ2n) is 6.35. The monoisotopic (exact) mass is 331 g/mol. The van der Waals surface area contributed by atoms with Gasteiger partial charge in [-0.3, -0.25) is 4.79 Å². The van der Waals surface area contributed by atoms with E-state index in [4.69, 9.17) is 10.2 Å². The molecule has 0 saturated carbocycles. The molecule has 0 saturated heterocycles. The van der Waals surface area contributed by atoms with Gasteiger partial charge in [-0.15, -0.1) is 0 Å². The topological polar surface area (TPSA) is 96.6 Å². The third-order valence-electron chi connectivity index (χ3n) is 3.48. The molecule has 1 aromatic rings. The van der Waals surface area contributed by atoms with E-state index < -0.39 is 5.91 Å². The van der Waals surface area contributed by atoms with E-state index >= 15 is 0 Å². The Kier molecular flexibility index (Phi) is 7.43. The lowest BCUT2D eigenvalue weighted by molar-refractivity contribution is -0.127. The third kappa shape index (κ3) is 5.37. The van der Waals surface area contributed by atoms with Crippen LogP contribution >= 0.6 is 0 Å². The predicted molar refractivity (Wildman–Crippen MR) is 93.2 cm³/mol. The molecule has 0 fully saturated rings. The summed E-state index contributed by atoms with van der Waals surface area (Å²) in [6.07, 6.45) is 1.37. The minimum Gasteiger partial charge on any atom is -0.395 e. The Bertz CT molecular complexity index is 621. The van der Waals surface area contributed by atoms with Crippen LogP contribution < -0.4 is 5.32 Å². The summed E-state index contributed by atoms with van der Waals surface area (Å²) in [7, 11) is 0. The average molecular weight is 331 g/mol. The number of nitrogens with one attached hydrogen (secondary N) is 1. The number of hydrogen-bond donors (Lipinski definition) is 3. The summed E-state index contributed by atoms with van der Waals surface area (Å²) in [6, 6.07) is 9.57. The molecule has 6 nitrogen and oxygen atoms in total. The van der Waals surface area contributed by atoms with E-state index in [2.05, 4.69) is 26.1 Å². The predicted octanol–water partition coefficient (Wildman–Crippen LogP) is 1.62. The first-order chi connectivity index (χ1) is 11.3. The van der Waals surface area contributed by atoms with Gasteiger partial charge in [-0.05, 0) is 17.0 Å². The minimum atomic E-state index is -0.527. The van der Waals surface area contributed by atoms with Crippen molar-refractivity contribution >= 4 is 11.6 Å². The van der Waals surface area contributed by atoms with E-state index in [0.717, 1.165) is 11.3 Å². The Balaban J connectivity index is 3.03. The summed E-state index contributed by atoms with van der Waals surface area (Å²) in [4.78, 5) is 13.6. The van der Waals surface area contributed by atoms with E-state index in [9.17, 15) is 10.1 Å². The highest BCUT2D eigenvalue weighted by Gasteiger charge is 2.19. The van der Waals surface area contributed by atoms with Crippen molar-refractivity contribution in [3.63, 3.8) is 0 Å². The zero-order valence-electron chi connectivity index (χ0n) is 14.4. The van der Waals surface area contributed by atoms with Crippen molar-refractivity contribution in [3.05, 3.63) is 41.6 Å². The van der Waals surface area contributed by atoms with Crippen LogP contribution in [0.3, 0.4) is 0 Å². The Morgan fingerprint density at radius 2 is 1.83 bits per heavy atom. The van der Waals surface area contributed by atoms with E-state index in [0.29, 0.717) is 0 Å². The molecule has 3 N–H and O–H groups in total. The minimum absolute atomic E-state index is 0.0665. The van der Waals surface area contributed by atoms with Crippen LogP contribution in [0.15, 0.2) is 36.0 Å². The standard InChI is InChI=1S/C18H25N3O3/c1-18(2,3)15-6-4-5-7-16(15)20-13-14(12-19)17(24)21(8-10-22)9-11-23/h4-7,13,20,22-23H,8-11H2,1-3H3/b14-13-. The van der Waals surface area contributed by atoms with Crippen molar-refractivity contribution in [2.24, 2.45) is 0 Å². The Hall–Kier alpha value is -2.36. The first-order valence-electron chi connectivity index (χ1n) is 7.82. The number of nitriles is 1. The van der Waals surface area contributed by atoms with Gasteiger partial charge < -0.3 is 20.4 Å². The van der Waals surface area contributed by atoms with Crippen molar-refractivity contribution in [2.75, 3.05) is 31.6 Å². The van der Waals surface area contributed by atoms with Crippen LogP contribution in [0.1, 0.15) is 26.3 Å². The molecule has 0 bridgehead atoms. The maximum Gasteiger partial charge on any atom is 0.266 e. The van der Waals surface area contributed by atoms with Crippen LogP contribution in [0, 0.1) is 11.3 Å². The van der Waals surface area contributed by atoms with Gasteiger partial charge in [0.1, 0.15) is 11.6 Å². The van der Waals surface area contributed by atoms with Gasteiger partial charge in [0.05, 0.1) is 13.2 Å². The summed E-state index contributed by atoms with van der Waals surface area (Å²) in [5.41, 5.74) is 1.71. The fraction of sp³-hybridized carbons (Fsp3) is 0.444. The van der Waals surface area contributed by atoms with Gasteiger partial charge in [0.2, 0.25) is 0 Å². The molecule has 0 spiro atoms. The van der Waals surface area contributed by atoms with Crippen molar-refractivity contribution in [2.45, 2.75) is 26.2 Å². The number of amides is 1. The number of hydrogen-bond acceptors (Lipinski definition) is 5. The number of carbonyl (C=O) groups excluding carboxylic acids is 1. The molecule has 0 aliphatic heterocycles. The molecule has 1 aromatic carbocycles. The van der Waals surface area contributed by atoms with Gasteiger partial charge in [-0.25, -0.2) is 0 Å². The lowest BCUT2D eigenvalue weighted by Gasteiger charge is -2.23. The first-order valence-corrected chi connectivity index (χ1v) is 7.82. The summed E-state index contributed by atoms with van der Waals surface area (Å²) in [5.74, 6) is -0.527. The zero-order valence-corrected chi connectivity index (χ0v) is 14.4. The smallest absolute Gasteiger partial charge is 0.266 e. The van der Waals surface area contributed by atoms with Gasteiger partial charge in [0, 0.05) is 25.0 Å². The number of anilines is 1. The SMILES string of the molecule is CC(C)(C)c1ccccc1N/C=C(/C#N)C(=O)N(CCO)CCO. The highest BCUT2D eigenvalue weighted by molar-refractivity contribution is 5.97. The van der Waals surface area contributed by atoms with Gasteiger partial charge in [-0.2, -0.15) is 5.26 Å². The van der Waals surface area contributed by atoms with Crippen molar-refractivity contribution in [3.8, 4) is 6.07 Å². The molecule has 130 valence electrons. The lowest BCUT2D eigenvalue weighted by Crippen LogP contribution is -2.36. The highest BCUT2D eigenvalue weighted by atomic mass is 16.3. The van der Waals surface area contributed by atoms with Gasteiger partial charge in [0.15, 0.2) is 0 Å². The van der Waals surface area contributed by atoms with E-state index in [-0.39, 0.29) is 37.3 Å². The molecule has 0 aromatic heterocycles. The molecule has 1 amide bonds. The maximum absolute atomic E-state index is 12.3. The van der Waals surface area contributed by atoms with Gasteiger partial charge in [-0.1, -0.05) is 39.0 Å². The average Bonchev–Trinajstić information content (AvgIpc) is 2.54. The van der Waals surface area contributed by atoms with Crippen LogP contribution in [-0.4, -0.2) is 47.3 Å². The van der Waals surface area contributed by atoms with Crippen LogP contribution in [0.2, 0.25) is 0 Å². The molecule has 0 aliphatic carbocycles. The molecule has 0 heterocycles. The van der Waals surface area contributed by atoms with Crippen LogP contribution in [0.5, 0.6) is 0 Å². The zero-order chi connectivity index (χ0) is 18.2. The number of nitrogens with zero attached hydrogens (tertiary/aromatic N) is 2. The molecule has 0 radical (unpaired) electrons. The van der Waals surface area contributed by atoms with Crippen LogP contribution in [0.4, 0.5) is 5.69 Å². The van der Waals surface area contributed by atoms with Crippen LogP contribution in [-0.2, 0) is 10.2 Å². The Morgan fingerprint density at radius 3 is 2.33 bits per heavy atom. The number of aliphatic hydroxyl groups is 2. The maximum atomic E-state index is 12.3. The molecular formula is C18H25N3O3.